The van der Waals surface area contributed by atoms with E-state index in [0.717, 1.165) is 24.2 Å². The van der Waals surface area contributed by atoms with Crippen molar-refractivity contribution in [1.82, 2.24) is 10.6 Å². The predicted octanol–water partition coefficient (Wildman–Crippen LogP) is 0.529. The molecule has 1 saturated heterocycles. The van der Waals surface area contributed by atoms with Crippen LogP contribution in [0.15, 0.2) is 24.3 Å². The third kappa shape index (κ3) is 5.29. The number of hydrogen-bond acceptors (Lipinski definition) is 4. The van der Waals surface area contributed by atoms with Gasteiger partial charge < -0.3 is 21.3 Å². The molecule has 1 heterocycles. The highest BCUT2D eigenvalue weighted by Crippen LogP contribution is 2.21. The molecule has 2 rings (SSSR count). The molecule has 0 spiro atoms. The minimum absolute atomic E-state index is 0.0177. The Bertz CT molecular complexity index is 628. The van der Waals surface area contributed by atoms with Crippen LogP contribution in [0, 0.1) is 5.92 Å². The third-order valence-electron chi connectivity index (χ3n) is 4.26. The minimum atomic E-state index is -0.617. The van der Waals surface area contributed by atoms with Crippen molar-refractivity contribution in [2.45, 2.75) is 39.3 Å². The summed E-state index contributed by atoms with van der Waals surface area (Å²) in [7, 11) is 0. The normalized spacial score (nSPS) is 15.4. The van der Waals surface area contributed by atoms with Crippen molar-refractivity contribution in [2.24, 2.45) is 11.7 Å². The number of nitrogens with zero attached hydrogens (tertiary/aromatic N) is 1. The maximum atomic E-state index is 11.8. The first-order valence-corrected chi connectivity index (χ1v) is 8.57. The SMILES string of the molecule is CC(C)[C@H](N)C(=O)NCC(=O)NCc1ccc(N2CCCC2=O)cc1. The van der Waals surface area contributed by atoms with E-state index in [0.29, 0.717) is 13.0 Å². The standard InChI is InChI=1S/C18H26N4O3/c1-12(2)17(19)18(25)21-11-15(23)20-10-13-5-7-14(8-6-13)22-9-3-4-16(22)24/h5-8,12,17H,3-4,9-11,19H2,1-2H3,(H,20,23)(H,21,25)/t17-/m0/s1. The molecule has 1 aliphatic rings. The van der Waals surface area contributed by atoms with Gasteiger partial charge in [0.05, 0.1) is 12.6 Å². The Hall–Kier alpha value is -2.41. The topological polar surface area (TPSA) is 105 Å². The molecule has 7 heteroatoms. The summed E-state index contributed by atoms with van der Waals surface area (Å²) in [4.78, 5) is 37.0. The highest BCUT2D eigenvalue weighted by Gasteiger charge is 2.21. The van der Waals surface area contributed by atoms with Crippen molar-refractivity contribution in [2.75, 3.05) is 18.0 Å². The quantitative estimate of drug-likeness (QED) is 0.670. The Morgan fingerprint density at radius 1 is 1.20 bits per heavy atom. The first kappa shape index (κ1) is 18.9. The molecule has 0 radical (unpaired) electrons. The molecular formula is C18H26N4O3. The summed E-state index contributed by atoms with van der Waals surface area (Å²) < 4.78 is 0. The molecule has 0 unspecified atom stereocenters. The van der Waals surface area contributed by atoms with Gasteiger partial charge in [0.2, 0.25) is 17.7 Å². The summed E-state index contributed by atoms with van der Waals surface area (Å²) in [6.07, 6.45) is 1.49. The van der Waals surface area contributed by atoms with Gasteiger partial charge in [-0.05, 0) is 30.0 Å². The summed E-state index contributed by atoms with van der Waals surface area (Å²) >= 11 is 0. The lowest BCUT2D eigenvalue weighted by Crippen LogP contribution is -2.47. The van der Waals surface area contributed by atoms with Crippen LogP contribution in [0.3, 0.4) is 0 Å². The van der Waals surface area contributed by atoms with Crippen LogP contribution >= 0.6 is 0 Å². The fourth-order valence-electron chi connectivity index (χ4n) is 2.57. The van der Waals surface area contributed by atoms with Crippen LogP contribution in [0.25, 0.3) is 0 Å². The first-order valence-electron chi connectivity index (χ1n) is 8.57. The molecule has 4 N–H and O–H groups in total. The summed E-state index contributed by atoms with van der Waals surface area (Å²) in [5.41, 5.74) is 7.52. The number of hydrogen-bond donors (Lipinski definition) is 3. The second kappa shape index (κ2) is 8.62. The van der Waals surface area contributed by atoms with Crippen molar-refractivity contribution in [3.63, 3.8) is 0 Å². The number of carbonyl (C=O) groups is 3. The zero-order chi connectivity index (χ0) is 18.4. The Labute approximate surface area is 147 Å². The number of benzene rings is 1. The van der Waals surface area contributed by atoms with Gasteiger partial charge in [0.25, 0.3) is 0 Å². The molecule has 1 fully saturated rings. The first-order chi connectivity index (χ1) is 11.9. The third-order valence-corrected chi connectivity index (χ3v) is 4.26. The highest BCUT2D eigenvalue weighted by molar-refractivity contribution is 5.95. The molecule has 0 aromatic heterocycles. The predicted molar refractivity (Wildman–Crippen MR) is 95.7 cm³/mol. The lowest BCUT2D eigenvalue weighted by molar-refractivity contribution is -0.127. The largest absolute Gasteiger partial charge is 0.350 e. The Balaban J connectivity index is 1.76. The molecular weight excluding hydrogens is 320 g/mol. The molecule has 25 heavy (non-hydrogen) atoms. The van der Waals surface area contributed by atoms with E-state index in [2.05, 4.69) is 10.6 Å². The van der Waals surface area contributed by atoms with E-state index in [1.54, 1.807) is 4.90 Å². The van der Waals surface area contributed by atoms with Gasteiger partial charge in [0.15, 0.2) is 0 Å². The van der Waals surface area contributed by atoms with Gasteiger partial charge in [-0.1, -0.05) is 26.0 Å². The van der Waals surface area contributed by atoms with Crippen molar-refractivity contribution in [3.8, 4) is 0 Å². The molecule has 3 amide bonds. The fourth-order valence-corrected chi connectivity index (χ4v) is 2.57. The molecule has 0 aliphatic carbocycles. The summed E-state index contributed by atoms with van der Waals surface area (Å²) in [6, 6.07) is 6.92. The van der Waals surface area contributed by atoms with Crippen LogP contribution in [-0.4, -0.2) is 36.9 Å². The number of amides is 3. The van der Waals surface area contributed by atoms with E-state index in [1.165, 1.54) is 0 Å². The number of nitrogens with one attached hydrogen (secondary N) is 2. The number of nitrogens with two attached hydrogens (primary N) is 1. The summed E-state index contributed by atoms with van der Waals surface area (Å²) in [5.74, 6) is -0.437. The fraction of sp³-hybridized carbons (Fsp3) is 0.500. The lowest BCUT2D eigenvalue weighted by Gasteiger charge is -2.16. The van der Waals surface area contributed by atoms with Gasteiger partial charge in [-0.2, -0.15) is 0 Å². The van der Waals surface area contributed by atoms with E-state index in [-0.39, 0.29) is 30.2 Å². The zero-order valence-corrected chi connectivity index (χ0v) is 14.7. The average Bonchev–Trinajstić information content (AvgIpc) is 3.03. The minimum Gasteiger partial charge on any atom is -0.350 e. The number of rotatable bonds is 7. The van der Waals surface area contributed by atoms with Gasteiger partial charge in [-0.25, -0.2) is 0 Å². The summed E-state index contributed by atoms with van der Waals surface area (Å²) in [6.45, 7) is 4.72. The van der Waals surface area contributed by atoms with Crippen molar-refractivity contribution >= 4 is 23.4 Å². The molecule has 1 aromatic rings. The van der Waals surface area contributed by atoms with Crippen molar-refractivity contribution in [1.29, 1.82) is 0 Å². The van der Waals surface area contributed by atoms with E-state index < -0.39 is 6.04 Å². The Kier molecular flexibility index (Phi) is 6.52. The maximum absolute atomic E-state index is 11.8. The summed E-state index contributed by atoms with van der Waals surface area (Å²) in [5, 5.41) is 5.28. The second-order valence-corrected chi connectivity index (χ2v) is 6.58. The molecule has 1 aliphatic heterocycles. The van der Waals surface area contributed by atoms with Crippen LogP contribution in [0.2, 0.25) is 0 Å². The monoisotopic (exact) mass is 346 g/mol. The molecule has 0 saturated carbocycles. The highest BCUT2D eigenvalue weighted by atomic mass is 16.2. The Morgan fingerprint density at radius 2 is 1.88 bits per heavy atom. The molecule has 136 valence electrons. The smallest absolute Gasteiger partial charge is 0.239 e. The van der Waals surface area contributed by atoms with E-state index in [9.17, 15) is 14.4 Å². The van der Waals surface area contributed by atoms with Crippen LogP contribution in [0.5, 0.6) is 0 Å². The van der Waals surface area contributed by atoms with Gasteiger partial charge in [-0.3, -0.25) is 14.4 Å². The van der Waals surface area contributed by atoms with Crippen LogP contribution in [0.1, 0.15) is 32.3 Å². The Morgan fingerprint density at radius 3 is 2.44 bits per heavy atom. The second-order valence-electron chi connectivity index (χ2n) is 6.58. The van der Waals surface area contributed by atoms with Gasteiger partial charge in [-0.15, -0.1) is 0 Å². The van der Waals surface area contributed by atoms with Crippen LogP contribution in [0.4, 0.5) is 5.69 Å². The average molecular weight is 346 g/mol. The van der Waals surface area contributed by atoms with E-state index in [1.807, 2.05) is 38.1 Å². The van der Waals surface area contributed by atoms with Crippen molar-refractivity contribution < 1.29 is 14.4 Å². The van der Waals surface area contributed by atoms with Crippen LogP contribution < -0.4 is 21.3 Å². The lowest BCUT2D eigenvalue weighted by atomic mass is 10.1. The molecule has 1 aromatic carbocycles. The van der Waals surface area contributed by atoms with E-state index in [4.69, 9.17) is 5.73 Å². The number of anilines is 1. The van der Waals surface area contributed by atoms with Crippen LogP contribution in [-0.2, 0) is 20.9 Å². The van der Waals surface area contributed by atoms with Gasteiger partial charge in [0.1, 0.15) is 0 Å². The number of carbonyl (C=O) groups excluding carboxylic acids is 3. The van der Waals surface area contributed by atoms with Gasteiger partial charge >= 0.3 is 0 Å². The molecule has 1 atom stereocenters. The zero-order valence-electron chi connectivity index (χ0n) is 14.7. The molecule has 7 nitrogen and oxygen atoms in total. The van der Waals surface area contributed by atoms with Crippen molar-refractivity contribution in [3.05, 3.63) is 29.8 Å². The van der Waals surface area contributed by atoms with Gasteiger partial charge in [0, 0.05) is 25.2 Å². The van der Waals surface area contributed by atoms with E-state index >= 15 is 0 Å². The molecule has 0 bridgehead atoms. The maximum Gasteiger partial charge on any atom is 0.239 e.